The fourth-order valence-corrected chi connectivity index (χ4v) is 1.81. The smallest absolute Gasteiger partial charge is 0.257 e. The average Bonchev–Trinajstić information content (AvgIpc) is 3.05. The van der Waals surface area contributed by atoms with Gasteiger partial charge in [0.2, 0.25) is 5.88 Å². The van der Waals surface area contributed by atoms with Crippen LogP contribution in [0.4, 0.5) is 0 Å². The SMILES string of the molecule is CCCc1c(O)nc(C(N)C2CC2)[nH]c1=O. The minimum absolute atomic E-state index is 0.170. The minimum atomic E-state index is -0.263. The molecule has 1 saturated carbocycles. The molecule has 0 aromatic carbocycles. The second-order valence-corrected chi connectivity index (χ2v) is 4.37. The van der Waals surface area contributed by atoms with E-state index in [1.54, 1.807) is 0 Å². The monoisotopic (exact) mass is 223 g/mol. The van der Waals surface area contributed by atoms with Crippen molar-refractivity contribution in [2.24, 2.45) is 11.7 Å². The molecule has 5 nitrogen and oxygen atoms in total. The molecule has 1 aromatic rings. The van der Waals surface area contributed by atoms with Crippen LogP contribution in [0.5, 0.6) is 5.88 Å². The first-order chi connectivity index (χ1) is 7.63. The summed E-state index contributed by atoms with van der Waals surface area (Å²) in [5.74, 6) is 0.640. The van der Waals surface area contributed by atoms with Crippen LogP contribution in [0.1, 0.15) is 43.6 Å². The Labute approximate surface area is 93.7 Å². The Morgan fingerprint density at radius 3 is 2.81 bits per heavy atom. The Bertz CT molecular complexity index is 437. The van der Waals surface area contributed by atoms with Crippen molar-refractivity contribution >= 4 is 0 Å². The van der Waals surface area contributed by atoms with Gasteiger partial charge in [-0.1, -0.05) is 13.3 Å². The van der Waals surface area contributed by atoms with E-state index in [0.29, 0.717) is 23.7 Å². The normalized spacial score (nSPS) is 17.4. The van der Waals surface area contributed by atoms with Gasteiger partial charge in [-0.2, -0.15) is 4.98 Å². The van der Waals surface area contributed by atoms with Gasteiger partial charge in [0.05, 0.1) is 11.6 Å². The van der Waals surface area contributed by atoms with E-state index in [1.807, 2.05) is 6.92 Å². The molecule has 1 fully saturated rings. The van der Waals surface area contributed by atoms with E-state index in [2.05, 4.69) is 9.97 Å². The average molecular weight is 223 g/mol. The summed E-state index contributed by atoms with van der Waals surface area (Å²) >= 11 is 0. The fourth-order valence-electron chi connectivity index (χ4n) is 1.81. The topological polar surface area (TPSA) is 92.0 Å². The van der Waals surface area contributed by atoms with Crippen LogP contribution < -0.4 is 11.3 Å². The molecule has 0 aliphatic heterocycles. The third-order valence-electron chi connectivity index (χ3n) is 2.96. The summed E-state index contributed by atoms with van der Waals surface area (Å²) in [6.45, 7) is 1.95. The summed E-state index contributed by atoms with van der Waals surface area (Å²) < 4.78 is 0. The third-order valence-corrected chi connectivity index (χ3v) is 2.96. The summed E-state index contributed by atoms with van der Waals surface area (Å²) in [6, 6.07) is -0.255. The summed E-state index contributed by atoms with van der Waals surface area (Å²) in [5, 5.41) is 9.67. The molecule has 0 bridgehead atoms. The van der Waals surface area contributed by atoms with Crippen LogP contribution in [-0.4, -0.2) is 15.1 Å². The van der Waals surface area contributed by atoms with E-state index in [9.17, 15) is 9.90 Å². The van der Waals surface area contributed by atoms with Gasteiger partial charge < -0.3 is 15.8 Å². The lowest BCUT2D eigenvalue weighted by molar-refractivity contribution is 0.432. The molecule has 0 saturated heterocycles. The predicted octanol–water partition coefficient (Wildman–Crippen LogP) is 0.838. The van der Waals surface area contributed by atoms with Crippen molar-refractivity contribution in [2.45, 2.75) is 38.6 Å². The first kappa shape index (κ1) is 11.1. The molecule has 1 aliphatic carbocycles. The highest BCUT2D eigenvalue weighted by molar-refractivity contribution is 5.23. The zero-order chi connectivity index (χ0) is 11.7. The zero-order valence-corrected chi connectivity index (χ0v) is 9.36. The Morgan fingerprint density at radius 1 is 1.62 bits per heavy atom. The number of nitrogens with one attached hydrogen (secondary N) is 1. The molecule has 1 heterocycles. The van der Waals surface area contributed by atoms with E-state index in [-0.39, 0.29) is 17.5 Å². The van der Waals surface area contributed by atoms with Gasteiger partial charge >= 0.3 is 0 Å². The van der Waals surface area contributed by atoms with E-state index in [1.165, 1.54) is 0 Å². The number of nitrogens with two attached hydrogens (primary N) is 1. The Kier molecular flexibility index (Phi) is 2.96. The predicted molar refractivity (Wildman–Crippen MR) is 60.2 cm³/mol. The van der Waals surface area contributed by atoms with Crippen LogP contribution in [-0.2, 0) is 6.42 Å². The molecular weight excluding hydrogens is 206 g/mol. The summed E-state index contributed by atoms with van der Waals surface area (Å²) in [7, 11) is 0. The molecule has 0 amide bonds. The first-order valence-electron chi connectivity index (χ1n) is 5.71. The lowest BCUT2D eigenvalue weighted by Crippen LogP contribution is -2.23. The van der Waals surface area contributed by atoms with Crippen LogP contribution in [0.15, 0.2) is 4.79 Å². The van der Waals surface area contributed by atoms with Crippen molar-refractivity contribution in [1.82, 2.24) is 9.97 Å². The summed E-state index contributed by atoms with van der Waals surface area (Å²) in [4.78, 5) is 18.3. The molecule has 88 valence electrons. The van der Waals surface area contributed by atoms with Crippen molar-refractivity contribution in [2.75, 3.05) is 0 Å². The van der Waals surface area contributed by atoms with Crippen LogP contribution in [0.25, 0.3) is 0 Å². The molecule has 2 rings (SSSR count). The van der Waals surface area contributed by atoms with Gasteiger partial charge in [-0.3, -0.25) is 4.79 Å². The van der Waals surface area contributed by atoms with E-state index in [0.717, 1.165) is 19.3 Å². The van der Waals surface area contributed by atoms with Crippen LogP contribution in [0.2, 0.25) is 0 Å². The Hall–Kier alpha value is -1.36. The van der Waals surface area contributed by atoms with Crippen molar-refractivity contribution in [3.05, 3.63) is 21.7 Å². The van der Waals surface area contributed by atoms with E-state index < -0.39 is 0 Å². The second-order valence-electron chi connectivity index (χ2n) is 4.37. The van der Waals surface area contributed by atoms with Crippen molar-refractivity contribution in [1.29, 1.82) is 0 Å². The zero-order valence-electron chi connectivity index (χ0n) is 9.36. The number of rotatable bonds is 4. The number of nitrogens with zero attached hydrogens (tertiary/aromatic N) is 1. The van der Waals surface area contributed by atoms with Gasteiger partial charge in [-0.15, -0.1) is 0 Å². The number of aromatic amines is 1. The number of aromatic nitrogens is 2. The van der Waals surface area contributed by atoms with E-state index in [4.69, 9.17) is 5.73 Å². The summed E-state index contributed by atoms with van der Waals surface area (Å²) in [6.07, 6.45) is 3.48. The van der Waals surface area contributed by atoms with Gasteiger partial charge in [0, 0.05) is 0 Å². The van der Waals surface area contributed by atoms with Gasteiger partial charge in [-0.25, -0.2) is 0 Å². The van der Waals surface area contributed by atoms with Crippen molar-refractivity contribution < 1.29 is 5.11 Å². The van der Waals surface area contributed by atoms with Crippen molar-refractivity contribution in [3.63, 3.8) is 0 Å². The van der Waals surface area contributed by atoms with Gasteiger partial charge in [0.1, 0.15) is 5.82 Å². The maximum Gasteiger partial charge on any atom is 0.257 e. The second kappa shape index (κ2) is 4.25. The first-order valence-corrected chi connectivity index (χ1v) is 5.71. The number of H-pyrrole nitrogens is 1. The molecule has 16 heavy (non-hydrogen) atoms. The van der Waals surface area contributed by atoms with Crippen LogP contribution in [0.3, 0.4) is 0 Å². The molecule has 5 heteroatoms. The fraction of sp³-hybridized carbons (Fsp3) is 0.636. The van der Waals surface area contributed by atoms with Crippen LogP contribution >= 0.6 is 0 Å². The Balaban J connectivity index is 2.32. The lowest BCUT2D eigenvalue weighted by Gasteiger charge is -2.10. The number of hydrogen-bond acceptors (Lipinski definition) is 4. The molecule has 1 unspecified atom stereocenters. The standard InChI is InChI=1S/C11H17N3O2/c1-2-3-7-10(15)13-9(14-11(7)16)8(12)6-4-5-6/h6,8H,2-5,12H2,1H3,(H2,13,14,15,16). The maximum atomic E-state index is 11.7. The lowest BCUT2D eigenvalue weighted by atomic mass is 10.1. The molecule has 4 N–H and O–H groups in total. The quantitative estimate of drug-likeness (QED) is 0.705. The number of aromatic hydroxyl groups is 1. The molecular formula is C11H17N3O2. The molecule has 1 aromatic heterocycles. The minimum Gasteiger partial charge on any atom is -0.493 e. The largest absolute Gasteiger partial charge is 0.493 e. The van der Waals surface area contributed by atoms with Crippen LogP contribution in [0, 0.1) is 5.92 Å². The maximum absolute atomic E-state index is 11.7. The molecule has 0 radical (unpaired) electrons. The Morgan fingerprint density at radius 2 is 2.31 bits per heavy atom. The molecule has 1 atom stereocenters. The van der Waals surface area contributed by atoms with Gasteiger partial charge in [-0.05, 0) is 25.2 Å². The highest BCUT2D eigenvalue weighted by Crippen LogP contribution is 2.38. The van der Waals surface area contributed by atoms with Crippen molar-refractivity contribution in [3.8, 4) is 5.88 Å². The van der Waals surface area contributed by atoms with Gasteiger partial charge in [0.25, 0.3) is 5.56 Å². The number of hydrogen-bond donors (Lipinski definition) is 3. The summed E-state index contributed by atoms with van der Waals surface area (Å²) in [5.41, 5.74) is 6.01. The highest BCUT2D eigenvalue weighted by atomic mass is 16.3. The molecule has 0 spiro atoms. The highest BCUT2D eigenvalue weighted by Gasteiger charge is 2.31. The third kappa shape index (κ3) is 2.09. The van der Waals surface area contributed by atoms with Gasteiger partial charge in [0.15, 0.2) is 0 Å². The van der Waals surface area contributed by atoms with E-state index >= 15 is 0 Å². The molecule has 1 aliphatic rings.